The van der Waals surface area contributed by atoms with Crippen LogP contribution < -0.4 is 9.80 Å². The first-order valence-electron chi connectivity index (χ1n) is 11.8. The van der Waals surface area contributed by atoms with Crippen LogP contribution in [-0.4, -0.2) is 87.0 Å². The first kappa shape index (κ1) is 23.9. The summed E-state index contributed by atoms with van der Waals surface area (Å²) in [4.78, 5) is 16.7. The van der Waals surface area contributed by atoms with Gasteiger partial charge in [-0.3, -0.25) is 0 Å². The molecule has 2 aliphatic rings. The summed E-state index contributed by atoms with van der Waals surface area (Å²) >= 11 is 0. The highest BCUT2D eigenvalue weighted by molar-refractivity contribution is 7.89. The van der Waals surface area contributed by atoms with Crippen molar-refractivity contribution in [3.63, 3.8) is 0 Å². The number of rotatable bonds is 5. The van der Waals surface area contributed by atoms with Crippen LogP contribution in [-0.2, 0) is 10.0 Å². The van der Waals surface area contributed by atoms with Crippen molar-refractivity contribution in [2.45, 2.75) is 38.5 Å². The van der Waals surface area contributed by atoms with Gasteiger partial charge in [0.15, 0.2) is 0 Å². The summed E-state index contributed by atoms with van der Waals surface area (Å²) in [6, 6.07) is 7.82. The van der Waals surface area contributed by atoms with E-state index in [2.05, 4.69) is 40.6 Å². The predicted molar refractivity (Wildman–Crippen MR) is 133 cm³/mol. The number of likely N-dealkylation sites (N-methyl/N-ethyl adjacent to an activating group) is 1. The molecule has 1 aromatic carbocycles. The molecule has 8 nitrogen and oxygen atoms in total. The smallest absolute Gasteiger partial charge is 0.243 e. The van der Waals surface area contributed by atoms with Crippen molar-refractivity contribution >= 4 is 21.8 Å². The summed E-state index contributed by atoms with van der Waals surface area (Å²) in [5, 5.41) is 0. The number of sulfonamides is 1. The van der Waals surface area contributed by atoms with Crippen molar-refractivity contribution in [2.24, 2.45) is 0 Å². The highest BCUT2D eigenvalue weighted by Gasteiger charge is 2.31. The summed E-state index contributed by atoms with van der Waals surface area (Å²) in [5.41, 5.74) is 2.77. The average molecular weight is 473 g/mol. The number of benzene rings is 1. The van der Waals surface area contributed by atoms with Gasteiger partial charge in [0, 0.05) is 64.1 Å². The van der Waals surface area contributed by atoms with Gasteiger partial charge in [-0.15, -0.1) is 0 Å². The fourth-order valence-corrected chi connectivity index (χ4v) is 6.08. The molecule has 3 heterocycles. The number of hydrogen-bond donors (Lipinski definition) is 0. The van der Waals surface area contributed by atoms with Gasteiger partial charge in [-0.25, -0.2) is 13.4 Å². The standard InChI is InChI=1S/C24H36N6O2S/c1-18(2)21-7-6-19(3)22(17-21)33(31,32)30-14-12-29(13-15-30)24-25-20(4)16-23(26-24)28-10-8-27(5)9-11-28/h6-7,16-18H,8-15H2,1-5H3. The van der Waals surface area contributed by atoms with Crippen LogP contribution in [0.3, 0.4) is 0 Å². The molecule has 0 radical (unpaired) electrons. The number of hydrogen-bond acceptors (Lipinski definition) is 7. The lowest BCUT2D eigenvalue weighted by Crippen LogP contribution is -2.49. The largest absolute Gasteiger partial charge is 0.354 e. The summed E-state index contributed by atoms with van der Waals surface area (Å²) in [6.45, 7) is 14.0. The fraction of sp³-hybridized carbons (Fsp3) is 0.583. The maximum absolute atomic E-state index is 13.4. The average Bonchev–Trinajstić information content (AvgIpc) is 2.79. The van der Waals surface area contributed by atoms with E-state index in [9.17, 15) is 8.42 Å². The maximum Gasteiger partial charge on any atom is 0.243 e. The van der Waals surface area contributed by atoms with Crippen LogP contribution in [0.15, 0.2) is 29.2 Å². The summed E-state index contributed by atoms with van der Waals surface area (Å²) in [7, 11) is -1.40. The highest BCUT2D eigenvalue weighted by atomic mass is 32.2. The molecule has 33 heavy (non-hydrogen) atoms. The lowest BCUT2D eigenvalue weighted by atomic mass is 10.0. The second kappa shape index (κ2) is 9.56. The van der Waals surface area contributed by atoms with E-state index in [1.165, 1.54) is 0 Å². The topological polar surface area (TPSA) is 72.9 Å². The second-order valence-electron chi connectivity index (χ2n) is 9.53. The molecular formula is C24H36N6O2S. The lowest BCUT2D eigenvalue weighted by molar-refractivity contribution is 0.312. The van der Waals surface area contributed by atoms with E-state index in [1.54, 1.807) is 4.31 Å². The summed E-state index contributed by atoms with van der Waals surface area (Å²) in [5.74, 6) is 1.94. The number of aryl methyl sites for hydroxylation is 2. The minimum Gasteiger partial charge on any atom is -0.354 e. The molecular weight excluding hydrogens is 436 g/mol. The van der Waals surface area contributed by atoms with Crippen LogP contribution in [0.1, 0.15) is 36.6 Å². The summed E-state index contributed by atoms with van der Waals surface area (Å²) in [6.07, 6.45) is 0. The van der Waals surface area contributed by atoms with E-state index in [0.29, 0.717) is 37.0 Å². The molecule has 0 spiro atoms. The van der Waals surface area contributed by atoms with Crippen molar-refractivity contribution in [1.82, 2.24) is 19.2 Å². The third kappa shape index (κ3) is 5.15. The fourth-order valence-electron chi connectivity index (χ4n) is 4.40. The Balaban J connectivity index is 1.49. The van der Waals surface area contributed by atoms with E-state index < -0.39 is 10.0 Å². The molecule has 9 heteroatoms. The molecule has 2 fully saturated rings. The van der Waals surface area contributed by atoms with Crippen molar-refractivity contribution in [3.8, 4) is 0 Å². The van der Waals surface area contributed by atoms with Gasteiger partial charge < -0.3 is 14.7 Å². The van der Waals surface area contributed by atoms with Crippen LogP contribution in [0.4, 0.5) is 11.8 Å². The van der Waals surface area contributed by atoms with Gasteiger partial charge in [0.1, 0.15) is 5.82 Å². The minimum atomic E-state index is -3.54. The minimum absolute atomic E-state index is 0.282. The molecule has 2 saturated heterocycles. The normalized spacial score (nSPS) is 18.8. The molecule has 0 unspecified atom stereocenters. The molecule has 0 saturated carbocycles. The van der Waals surface area contributed by atoms with Crippen molar-refractivity contribution in [1.29, 1.82) is 0 Å². The second-order valence-corrected chi connectivity index (χ2v) is 11.4. The zero-order chi connectivity index (χ0) is 23.8. The number of piperazine rings is 2. The van der Waals surface area contributed by atoms with E-state index in [1.807, 2.05) is 38.1 Å². The maximum atomic E-state index is 13.4. The van der Waals surface area contributed by atoms with Crippen LogP contribution in [0.5, 0.6) is 0 Å². The van der Waals surface area contributed by atoms with Crippen LogP contribution >= 0.6 is 0 Å². The van der Waals surface area contributed by atoms with Gasteiger partial charge in [0.05, 0.1) is 4.90 Å². The molecule has 2 aliphatic heterocycles. The predicted octanol–water partition coefficient (Wildman–Crippen LogP) is 2.48. The van der Waals surface area contributed by atoms with Gasteiger partial charge in [-0.1, -0.05) is 26.0 Å². The van der Waals surface area contributed by atoms with Crippen LogP contribution in [0.25, 0.3) is 0 Å². The van der Waals surface area contributed by atoms with E-state index in [-0.39, 0.29) is 5.92 Å². The first-order valence-corrected chi connectivity index (χ1v) is 13.2. The van der Waals surface area contributed by atoms with Crippen LogP contribution in [0.2, 0.25) is 0 Å². The Labute approximate surface area is 198 Å². The Morgan fingerprint density at radius 1 is 0.848 bits per heavy atom. The van der Waals surface area contributed by atoms with Crippen LogP contribution in [0, 0.1) is 13.8 Å². The number of anilines is 2. The number of nitrogens with zero attached hydrogens (tertiary/aromatic N) is 6. The Hall–Kier alpha value is -2.23. The molecule has 4 rings (SSSR count). The Bertz CT molecular complexity index is 1090. The zero-order valence-electron chi connectivity index (χ0n) is 20.5. The van der Waals surface area contributed by atoms with Crippen molar-refractivity contribution in [2.75, 3.05) is 69.2 Å². The molecule has 0 aliphatic carbocycles. The van der Waals surface area contributed by atoms with Gasteiger partial charge >= 0.3 is 0 Å². The quantitative estimate of drug-likeness (QED) is 0.662. The summed E-state index contributed by atoms with van der Waals surface area (Å²) < 4.78 is 28.5. The number of aromatic nitrogens is 2. The van der Waals surface area contributed by atoms with Crippen molar-refractivity contribution in [3.05, 3.63) is 41.1 Å². The highest BCUT2D eigenvalue weighted by Crippen LogP contribution is 2.27. The van der Waals surface area contributed by atoms with Gasteiger partial charge in [0.25, 0.3) is 0 Å². The molecule has 180 valence electrons. The Kier molecular flexibility index (Phi) is 6.93. The van der Waals surface area contributed by atoms with Gasteiger partial charge in [-0.05, 0) is 44.0 Å². The Morgan fingerprint density at radius 3 is 2.12 bits per heavy atom. The van der Waals surface area contributed by atoms with E-state index in [0.717, 1.165) is 48.8 Å². The monoisotopic (exact) mass is 472 g/mol. The first-order chi connectivity index (χ1) is 15.6. The molecule has 0 atom stereocenters. The molecule has 2 aromatic rings. The third-order valence-corrected chi connectivity index (χ3v) is 8.71. The lowest BCUT2D eigenvalue weighted by Gasteiger charge is -2.36. The van der Waals surface area contributed by atoms with Gasteiger partial charge in [0.2, 0.25) is 16.0 Å². The zero-order valence-corrected chi connectivity index (χ0v) is 21.3. The molecule has 0 bridgehead atoms. The SMILES string of the molecule is Cc1cc(N2CCN(C)CC2)nc(N2CCN(S(=O)(=O)c3cc(C(C)C)ccc3C)CC2)n1. The van der Waals surface area contributed by atoms with Gasteiger partial charge in [-0.2, -0.15) is 9.29 Å². The molecule has 1 aromatic heterocycles. The van der Waals surface area contributed by atoms with E-state index >= 15 is 0 Å². The molecule has 0 amide bonds. The van der Waals surface area contributed by atoms with E-state index in [4.69, 9.17) is 4.98 Å². The third-order valence-electron chi connectivity index (χ3n) is 6.67. The van der Waals surface area contributed by atoms with Crippen molar-refractivity contribution < 1.29 is 8.42 Å². The molecule has 0 N–H and O–H groups in total. The Morgan fingerprint density at radius 2 is 1.48 bits per heavy atom.